The largest absolute Gasteiger partial charge is 0.506 e. The number of esters is 1. The molecule has 0 bridgehead atoms. The van der Waals surface area contributed by atoms with E-state index in [0.29, 0.717) is 5.75 Å². The molecule has 0 aliphatic carbocycles. The van der Waals surface area contributed by atoms with Crippen LogP contribution < -0.4 is 10.4 Å². The number of carbonyl (C=O) groups excluding carboxylic acids is 2. The second-order valence-corrected chi connectivity index (χ2v) is 6.92. The van der Waals surface area contributed by atoms with Gasteiger partial charge in [0.25, 0.3) is 5.69 Å². The molecule has 10 nitrogen and oxygen atoms in total. The number of nitro benzene ring substituents is 1. The predicted octanol–water partition coefficient (Wildman–Crippen LogP) is 3.59. The minimum absolute atomic E-state index is 0.0304. The van der Waals surface area contributed by atoms with Crippen molar-refractivity contribution in [2.75, 3.05) is 14.2 Å². The van der Waals surface area contributed by atoms with Gasteiger partial charge >= 0.3 is 11.6 Å². The molecule has 0 aliphatic rings. The summed E-state index contributed by atoms with van der Waals surface area (Å²) in [5.74, 6) is -2.21. The fourth-order valence-corrected chi connectivity index (χ4v) is 3.64. The van der Waals surface area contributed by atoms with Gasteiger partial charge in [-0.25, -0.2) is 9.59 Å². The maximum absolute atomic E-state index is 13.5. The number of ether oxygens (including phenoxy) is 2. The van der Waals surface area contributed by atoms with Gasteiger partial charge < -0.3 is 19.0 Å². The lowest BCUT2D eigenvalue weighted by atomic mass is 9.92. The predicted molar refractivity (Wildman–Crippen MR) is 116 cm³/mol. The van der Waals surface area contributed by atoms with Crippen LogP contribution in [0.2, 0.25) is 0 Å². The van der Waals surface area contributed by atoms with Gasteiger partial charge in [-0.3, -0.25) is 14.9 Å². The van der Waals surface area contributed by atoms with Gasteiger partial charge in [0.05, 0.1) is 19.1 Å². The lowest BCUT2D eigenvalue weighted by Gasteiger charge is -2.13. The Labute approximate surface area is 184 Å². The molecule has 0 saturated carbocycles. The number of rotatable bonds is 5. The molecule has 0 amide bonds. The Kier molecular flexibility index (Phi) is 5.26. The summed E-state index contributed by atoms with van der Waals surface area (Å²) >= 11 is 0. The van der Waals surface area contributed by atoms with Crippen LogP contribution in [0.4, 0.5) is 5.69 Å². The van der Waals surface area contributed by atoms with E-state index in [1.165, 1.54) is 37.4 Å². The molecule has 0 unspecified atom stereocenters. The number of nitrogens with zero attached hydrogens (tertiary/aromatic N) is 1. The molecule has 4 aromatic rings. The van der Waals surface area contributed by atoms with E-state index in [0.717, 1.165) is 19.2 Å². The van der Waals surface area contributed by atoms with Crippen molar-refractivity contribution in [1.29, 1.82) is 0 Å². The number of methoxy groups -OCH3 is 2. The summed E-state index contributed by atoms with van der Waals surface area (Å²) in [7, 11) is 2.48. The lowest BCUT2D eigenvalue weighted by molar-refractivity contribution is -0.385. The van der Waals surface area contributed by atoms with Crippen LogP contribution >= 0.6 is 0 Å². The van der Waals surface area contributed by atoms with E-state index in [1.54, 1.807) is 6.07 Å². The van der Waals surface area contributed by atoms with Crippen LogP contribution in [0.3, 0.4) is 0 Å². The first kappa shape index (κ1) is 21.5. The zero-order valence-electron chi connectivity index (χ0n) is 17.3. The van der Waals surface area contributed by atoms with E-state index in [-0.39, 0.29) is 27.5 Å². The quantitative estimate of drug-likeness (QED) is 0.121. The van der Waals surface area contributed by atoms with Crippen LogP contribution in [0, 0.1) is 10.1 Å². The molecule has 33 heavy (non-hydrogen) atoms. The molecule has 4 rings (SSSR count). The standard InChI is InChI=1S/C23H15NO9/c1-31-11-7-8-13-17(9-11)33-23(28)19-18(13)14(10-15(21(19)26)22(27)32-2)20(25)12-5-3-4-6-16(12)24(29)30/h3-10,26H,1-2H3. The lowest BCUT2D eigenvalue weighted by Crippen LogP contribution is -2.12. The number of benzene rings is 3. The summed E-state index contributed by atoms with van der Waals surface area (Å²) in [6, 6.07) is 10.8. The molecule has 0 fully saturated rings. The second-order valence-electron chi connectivity index (χ2n) is 6.92. The molecular formula is C23H15NO9. The fraction of sp³-hybridized carbons (Fsp3) is 0.0870. The highest BCUT2D eigenvalue weighted by Crippen LogP contribution is 2.37. The monoisotopic (exact) mass is 449 g/mol. The molecular weight excluding hydrogens is 434 g/mol. The van der Waals surface area contributed by atoms with Crippen LogP contribution in [0.5, 0.6) is 11.5 Å². The molecule has 1 N–H and O–H groups in total. The number of nitro groups is 1. The van der Waals surface area contributed by atoms with E-state index >= 15 is 0 Å². The van der Waals surface area contributed by atoms with Crippen molar-refractivity contribution in [1.82, 2.24) is 0 Å². The molecule has 1 aromatic heterocycles. The second kappa shape index (κ2) is 8.08. The van der Waals surface area contributed by atoms with E-state index < -0.39 is 44.7 Å². The molecule has 0 radical (unpaired) electrons. The Balaban J connectivity index is 2.19. The van der Waals surface area contributed by atoms with Crippen LogP contribution in [-0.2, 0) is 4.74 Å². The summed E-state index contributed by atoms with van der Waals surface area (Å²) in [6.45, 7) is 0. The van der Waals surface area contributed by atoms with Crippen molar-refractivity contribution in [3.05, 3.63) is 85.8 Å². The number of aromatic hydroxyl groups is 1. The zero-order valence-corrected chi connectivity index (χ0v) is 17.3. The minimum Gasteiger partial charge on any atom is -0.506 e. The van der Waals surface area contributed by atoms with E-state index in [9.17, 15) is 29.6 Å². The number of phenols is 1. The Bertz CT molecular complexity index is 1540. The Morgan fingerprint density at radius 2 is 1.73 bits per heavy atom. The van der Waals surface area contributed by atoms with E-state index in [4.69, 9.17) is 9.15 Å². The summed E-state index contributed by atoms with van der Waals surface area (Å²) in [6.07, 6.45) is 0. The Hall–Kier alpha value is -4.73. The number of carbonyl (C=O) groups is 2. The number of hydrogen-bond acceptors (Lipinski definition) is 9. The molecule has 3 aromatic carbocycles. The summed E-state index contributed by atoms with van der Waals surface area (Å²) in [5, 5.41) is 22.0. The van der Waals surface area contributed by atoms with Gasteiger partial charge in [0.15, 0.2) is 0 Å². The first-order valence-electron chi connectivity index (χ1n) is 9.45. The SMILES string of the molecule is COC(=O)c1cc(C(=O)c2ccccc2[N+](=O)[O-])c2c(c1O)c(=O)oc1cc(OC)ccc12. The van der Waals surface area contributed by atoms with Gasteiger partial charge in [-0.15, -0.1) is 0 Å². The highest BCUT2D eigenvalue weighted by Gasteiger charge is 2.29. The molecule has 166 valence electrons. The third kappa shape index (κ3) is 3.43. The number of hydrogen-bond donors (Lipinski definition) is 1. The fourth-order valence-electron chi connectivity index (χ4n) is 3.64. The summed E-state index contributed by atoms with van der Waals surface area (Å²) in [5.41, 5.74) is -2.38. The van der Waals surface area contributed by atoms with Gasteiger partial charge in [-0.2, -0.15) is 0 Å². The molecule has 1 heterocycles. The zero-order chi connectivity index (χ0) is 23.9. The van der Waals surface area contributed by atoms with Crippen LogP contribution in [0.15, 0.2) is 57.7 Å². The van der Waals surface area contributed by atoms with E-state index in [1.807, 2.05) is 0 Å². The van der Waals surface area contributed by atoms with Gasteiger partial charge in [-0.05, 0) is 24.3 Å². The maximum atomic E-state index is 13.5. The number of para-hydroxylation sites is 1. The summed E-state index contributed by atoms with van der Waals surface area (Å²) in [4.78, 5) is 49.4. The van der Waals surface area contributed by atoms with Crippen LogP contribution in [0.1, 0.15) is 26.3 Å². The van der Waals surface area contributed by atoms with Crippen LogP contribution in [-0.4, -0.2) is 36.0 Å². The topological polar surface area (TPSA) is 146 Å². The number of phenolic OH excluding ortho intramolecular Hbond substituents is 1. The number of ketones is 1. The van der Waals surface area contributed by atoms with Gasteiger partial charge in [0.1, 0.15) is 33.6 Å². The van der Waals surface area contributed by atoms with Crippen molar-refractivity contribution in [2.45, 2.75) is 0 Å². The van der Waals surface area contributed by atoms with Crippen molar-refractivity contribution < 1.29 is 33.5 Å². The smallest absolute Gasteiger partial charge is 0.348 e. The highest BCUT2D eigenvalue weighted by atomic mass is 16.6. The highest BCUT2D eigenvalue weighted by molar-refractivity contribution is 6.25. The molecule has 0 aliphatic heterocycles. The van der Waals surface area contributed by atoms with Crippen molar-refractivity contribution in [2.24, 2.45) is 0 Å². The van der Waals surface area contributed by atoms with Gasteiger partial charge in [0, 0.05) is 28.5 Å². The van der Waals surface area contributed by atoms with Gasteiger partial charge in [0.2, 0.25) is 5.78 Å². The van der Waals surface area contributed by atoms with Crippen molar-refractivity contribution in [3.63, 3.8) is 0 Å². The van der Waals surface area contributed by atoms with Crippen molar-refractivity contribution >= 4 is 39.2 Å². The van der Waals surface area contributed by atoms with Crippen molar-refractivity contribution in [3.8, 4) is 11.5 Å². The number of fused-ring (bicyclic) bond motifs is 3. The third-order valence-electron chi connectivity index (χ3n) is 5.16. The average molecular weight is 449 g/mol. The summed E-state index contributed by atoms with van der Waals surface area (Å²) < 4.78 is 15.1. The normalized spacial score (nSPS) is 10.8. The Morgan fingerprint density at radius 3 is 2.39 bits per heavy atom. The third-order valence-corrected chi connectivity index (χ3v) is 5.16. The molecule has 0 spiro atoms. The average Bonchev–Trinajstić information content (AvgIpc) is 2.82. The molecule has 0 atom stereocenters. The molecule has 0 saturated heterocycles. The first-order valence-corrected chi connectivity index (χ1v) is 9.45. The van der Waals surface area contributed by atoms with Crippen LogP contribution in [0.25, 0.3) is 21.7 Å². The molecule has 10 heteroatoms. The Morgan fingerprint density at radius 1 is 1.00 bits per heavy atom. The van der Waals surface area contributed by atoms with Gasteiger partial charge in [-0.1, -0.05) is 12.1 Å². The van der Waals surface area contributed by atoms with E-state index in [2.05, 4.69) is 4.74 Å². The minimum atomic E-state index is -1.02. The maximum Gasteiger partial charge on any atom is 0.348 e. The first-order chi connectivity index (χ1) is 15.8.